The molecule has 112 valence electrons. The number of carbonyl (C=O) groups is 1. The number of aromatic nitrogens is 2. The number of carbonyl (C=O) groups excluding carboxylic acids is 1. The van der Waals surface area contributed by atoms with Crippen LogP contribution >= 0.6 is 0 Å². The van der Waals surface area contributed by atoms with E-state index in [-0.39, 0.29) is 11.9 Å². The van der Waals surface area contributed by atoms with Crippen LogP contribution in [0.4, 0.5) is 0 Å². The molecule has 1 fully saturated rings. The maximum absolute atomic E-state index is 12.9. The summed E-state index contributed by atoms with van der Waals surface area (Å²) < 4.78 is 7.46. The molecule has 0 aromatic carbocycles. The number of nitrogens with zero attached hydrogens (tertiary/aromatic N) is 3. The molecule has 2 aromatic heterocycles. The number of nitrogens with one attached hydrogen (secondary N) is 1. The van der Waals surface area contributed by atoms with Crippen molar-refractivity contribution in [3.63, 3.8) is 0 Å². The summed E-state index contributed by atoms with van der Waals surface area (Å²) in [6.45, 7) is 5.87. The molecule has 0 saturated carbocycles. The number of piperazine rings is 1. The molecule has 3 rings (SSSR count). The Morgan fingerprint density at radius 1 is 1.48 bits per heavy atom. The van der Waals surface area contributed by atoms with Crippen molar-refractivity contribution in [2.24, 2.45) is 7.05 Å². The van der Waals surface area contributed by atoms with Crippen molar-refractivity contribution in [2.75, 3.05) is 19.6 Å². The summed E-state index contributed by atoms with van der Waals surface area (Å²) in [6.07, 6.45) is 3.67. The normalized spacial score (nSPS) is 19.0. The third kappa shape index (κ3) is 2.47. The van der Waals surface area contributed by atoms with Gasteiger partial charge in [0.1, 0.15) is 23.4 Å². The standard InChI is InChI=1S/C15H20N4O2/c1-10-8-12(11(2)21-10)15(20)19-7-4-16-9-13(19)14-17-5-6-18(14)3/h5-6,8,13,16H,4,7,9H2,1-3H3. The molecule has 1 aliphatic heterocycles. The molecule has 6 heteroatoms. The van der Waals surface area contributed by atoms with Gasteiger partial charge >= 0.3 is 0 Å². The molecule has 1 atom stereocenters. The molecule has 1 N–H and O–H groups in total. The van der Waals surface area contributed by atoms with E-state index in [1.54, 1.807) is 6.20 Å². The highest BCUT2D eigenvalue weighted by molar-refractivity contribution is 5.95. The zero-order valence-electron chi connectivity index (χ0n) is 12.6. The first kappa shape index (κ1) is 13.9. The lowest BCUT2D eigenvalue weighted by Gasteiger charge is -2.35. The molecule has 6 nitrogen and oxygen atoms in total. The van der Waals surface area contributed by atoms with E-state index in [0.29, 0.717) is 24.4 Å². The second-order valence-electron chi connectivity index (χ2n) is 5.44. The molecular formula is C15H20N4O2. The Kier molecular flexibility index (Phi) is 3.55. The summed E-state index contributed by atoms with van der Waals surface area (Å²) >= 11 is 0. The van der Waals surface area contributed by atoms with E-state index in [1.165, 1.54) is 0 Å². The molecule has 2 aromatic rings. The van der Waals surface area contributed by atoms with E-state index >= 15 is 0 Å². The molecule has 1 aliphatic rings. The molecule has 21 heavy (non-hydrogen) atoms. The largest absolute Gasteiger partial charge is 0.466 e. The lowest BCUT2D eigenvalue weighted by Crippen LogP contribution is -2.49. The quantitative estimate of drug-likeness (QED) is 0.907. The Balaban J connectivity index is 1.93. The van der Waals surface area contributed by atoms with E-state index in [9.17, 15) is 4.79 Å². The van der Waals surface area contributed by atoms with Crippen LogP contribution in [0.15, 0.2) is 22.9 Å². The SMILES string of the molecule is Cc1cc(C(=O)N2CCNCC2c2nccn2C)c(C)o1. The van der Waals surface area contributed by atoms with E-state index in [4.69, 9.17) is 4.42 Å². The third-order valence-corrected chi connectivity index (χ3v) is 3.93. The summed E-state index contributed by atoms with van der Waals surface area (Å²) in [5.74, 6) is 2.35. The van der Waals surface area contributed by atoms with Crippen LogP contribution in [-0.2, 0) is 7.05 Å². The highest BCUT2D eigenvalue weighted by Gasteiger charge is 2.32. The van der Waals surface area contributed by atoms with Gasteiger partial charge in [-0.25, -0.2) is 4.98 Å². The smallest absolute Gasteiger partial charge is 0.258 e. The fourth-order valence-electron chi connectivity index (χ4n) is 2.87. The lowest BCUT2D eigenvalue weighted by molar-refractivity contribution is 0.0619. The molecule has 1 amide bonds. The van der Waals surface area contributed by atoms with Gasteiger partial charge in [-0.05, 0) is 19.9 Å². The fraction of sp³-hybridized carbons (Fsp3) is 0.467. The van der Waals surface area contributed by atoms with Crippen molar-refractivity contribution in [1.29, 1.82) is 0 Å². The Bertz CT molecular complexity index is 658. The van der Waals surface area contributed by atoms with E-state index in [1.807, 2.05) is 42.6 Å². The van der Waals surface area contributed by atoms with Crippen molar-refractivity contribution in [2.45, 2.75) is 19.9 Å². The maximum Gasteiger partial charge on any atom is 0.258 e. The first-order valence-electron chi connectivity index (χ1n) is 7.14. The van der Waals surface area contributed by atoms with Crippen molar-refractivity contribution in [3.8, 4) is 0 Å². The van der Waals surface area contributed by atoms with Gasteiger partial charge in [-0.3, -0.25) is 4.79 Å². The molecule has 0 spiro atoms. The second-order valence-corrected chi connectivity index (χ2v) is 5.44. The molecular weight excluding hydrogens is 268 g/mol. The molecule has 3 heterocycles. The average Bonchev–Trinajstić information content (AvgIpc) is 3.03. The highest BCUT2D eigenvalue weighted by atomic mass is 16.3. The van der Waals surface area contributed by atoms with Crippen LogP contribution in [0.5, 0.6) is 0 Å². The number of hydrogen-bond acceptors (Lipinski definition) is 4. The summed E-state index contributed by atoms with van der Waals surface area (Å²) in [4.78, 5) is 19.1. The minimum atomic E-state index is -0.0548. The van der Waals surface area contributed by atoms with E-state index in [0.717, 1.165) is 18.1 Å². The van der Waals surface area contributed by atoms with Gasteiger partial charge in [0.25, 0.3) is 5.91 Å². The highest BCUT2D eigenvalue weighted by Crippen LogP contribution is 2.25. The third-order valence-electron chi connectivity index (χ3n) is 3.93. The Hall–Kier alpha value is -2.08. The number of rotatable bonds is 2. The van der Waals surface area contributed by atoms with Gasteiger partial charge < -0.3 is 19.2 Å². The van der Waals surface area contributed by atoms with Gasteiger partial charge in [0, 0.05) is 39.1 Å². The topological polar surface area (TPSA) is 63.3 Å². The van der Waals surface area contributed by atoms with E-state index in [2.05, 4.69) is 10.3 Å². The van der Waals surface area contributed by atoms with Crippen LogP contribution in [0, 0.1) is 13.8 Å². The number of hydrogen-bond donors (Lipinski definition) is 1. The number of aryl methyl sites for hydroxylation is 3. The number of imidazole rings is 1. The van der Waals surface area contributed by atoms with Crippen LogP contribution < -0.4 is 5.32 Å². The molecule has 0 aliphatic carbocycles. The van der Waals surface area contributed by atoms with Crippen molar-refractivity contribution in [1.82, 2.24) is 19.8 Å². The Morgan fingerprint density at radius 2 is 2.29 bits per heavy atom. The van der Waals surface area contributed by atoms with Crippen molar-refractivity contribution in [3.05, 3.63) is 41.4 Å². The summed E-state index contributed by atoms with van der Waals surface area (Å²) in [7, 11) is 1.95. The minimum absolute atomic E-state index is 0.0128. The predicted molar refractivity (Wildman–Crippen MR) is 78.0 cm³/mol. The van der Waals surface area contributed by atoms with E-state index < -0.39 is 0 Å². The van der Waals surface area contributed by atoms with Crippen molar-refractivity contribution < 1.29 is 9.21 Å². The van der Waals surface area contributed by atoms with Crippen LogP contribution in [0.2, 0.25) is 0 Å². The first-order chi connectivity index (χ1) is 10.1. The molecule has 1 unspecified atom stereocenters. The summed E-state index contributed by atoms with van der Waals surface area (Å²) in [6, 6.07) is 1.76. The van der Waals surface area contributed by atoms with Crippen molar-refractivity contribution >= 4 is 5.91 Å². The molecule has 1 saturated heterocycles. The van der Waals surface area contributed by atoms with Crippen LogP contribution in [0.3, 0.4) is 0 Å². The van der Waals surface area contributed by atoms with Gasteiger partial charge in [-0.2, -0.15) is 0 Å². The minimum Gasteiger partial charge on any atom is -0.466 e. The average molecular weight is 288 g/mol. The summed E-state index contributed by atoms with van der Waals surface area (Å²) in [5.41, 5.74) is 0.647. The zero-order chi connectivity index (χ0) is 15.0. The summed E-state index contributed by atoms with van der Waals surface area (Å²) in [5, 5.41) is 3.34. The Labute approximate surface area is 123 Å². The maximum atomic E-state index is 12.9. The number of furan rings is 1. The fourth-order valence-corrected chi connectivity index (χ4v) is 2.87. The lowest BCUT2D eigenvalue weighted by atomic mass is 10.1. The second kappa shape index (κ2) is 5.37. The monoisotopic (exact) mass is 288 g/mol. The van der Waals surface area contributed by atoms with Gasteiger partial charge in [-0.15, -0.1) is 0 Å². The Morgan fingerprint density at radius 3 is 2.90 bits per heavy atom. The first-order valence-corrected chi connectivity index (χ1v) is 7.14. The zero-order valence-corrected chi connectivity index (χ0v) is 12.6. The predicted octanol–water partition coefficient (Wildman–Crippen LogP) is 1.42. The number of amides is 1. The molecule has 0 bridgehead atoms. The van der Waals surface area contributed by atoms with Gasteiger partial charge in [0.05, 0.1) is 5.56 Å². The van der Waals surface area contributed by atoms with Gasteiger partial charge in [0.2, 0.25) is 0 Å². The molecule has 0 radical (unpaired) electrons. The van der Waals surface area contributed by atoms with Gasteiger partial charge in [0.15, 0.2) is 0 Å². The van der Waals surface area contributed by atoms with Gasteiger partial charge in [-0.1, -0.05) is 0 Å². The van der Waals surface area contributed by atoms with Crippen LogP contribution in [-0.4, -0.2) is 40.0 Å². The van der Waals surface area contributed by atoms with Crippen LogP contribution in [0.1, 0.15) is 33.7 Å². The van der Waals surface area contributed by atoms with Crippen LogP contribution in [0.25, 0.3) is 0 Å².